The van der Waals surface area contributed by atoms with Gasteiger partial charge in [-0.3, -0.25) is 0 Å². The zero-order valence-electron chi connectivity index (χ0n) is 15.8. The molecule has 134 valence electrons. The van der Waals surface area contributed by atoms with Crippen LogP contribution in [0.3, 0.4) is 0 Å². The first-order chi connectivity index (χ1) is 13.2. The van der Waals surface area contributed by atoms with E-state index < -0.39 is 0 Å². The lowest BCUT2D eigenvalue weighted by Crippen LogP contribution is -2.41. The summed E-state index contributed by atoms with van der Waals surface area (Å²) in [5.74, 6) is 3.59. The molecule has 0 aliphatic heterocycles. The molecule has 7 rings (SSSR count). The highest BCUT2D eigenvalue weighted by molar-refractivity contribution is 5.80. The molecule has 1 spiro atoms. The van der Waals surface area contributed by atoms with E-state index in [4.69, 9.17) is 9.97 Å². The van der Waals surface area contributed by atoms with E-state index in [1.54, 1.807) is 11.1 Å². The van der Waals surface area contributed by atoms with Gasteiger partial charge in [0, 0.05) is 5.56 Å². The van der Waals surface area contributed by atoms with Gasteiger partial charge in [-0.2, -0.15) is 0 Å². The normalized spacial score (nSPS) is 35.0. The van der Waals surface area contributed by atoms with Crippen molar-refractivity contribution in [3.8, 4) is 11.3 Å². The third kappa shape index (κ3) is 1.77. The molecule has 2 heteroatoms. The molecule has 4 aliphatic carbocycles. The molecule has 3 aromatic rings. The van der Waals surface area contributed by atoms with Crippen LogP contribution in [0.2, 0.25) is 0 Å². The molecule has 0 N–H and O–H groups in total. The van der Waals surface area contributed by atoms with Gasteiger partial charge < -0.3 is 0 Å². The molecule has 0 radical (unpaired) electrons. The lowest BCUT2D eigenvalue weighted by molar-refractivity contribution is 0.00322. The van der Waals surface area contributed by atoms with Crippen molar-refractivity contribution in [1.29, 1.82) is 0 Å². The number of aryl methyl sites for hydroxylation is 1. The van der Waals surface area contributed by atoms with E-state index in [0.29, 0.717) is 5.41 Å². The Morgan fingerprint density at radius 3 is 2.11 bits per heavy atom. The van der Waals surface area contributed by atoms with Crippen LogP contribution in [0.25, 0.3) is 22.3 Å². The van der Waals surface area contributed by atoms with E-state index in [1.807, 2.05) is 0 Å². The van der Waals surface area contributed by atoms with Crippen LogP contribution in [0.15, 0.2) is 42.5 Å². The van der Waals surface area contributed by atoms with Crippen LogP contribution in [0.4, 0.5) is 0 Å². The highest BCUT2D eigenvalue weighted by Gasteiger charge is 2.65. The number of aromatic nitrogens is 2. The third-order valence-electron chi connectivity index (χ3n) is 8.56. The number of benzene rings is 2. The zero-order chi connectivity index (χ0) is 17.8. The number of hydrogen-bond donors (Lipinski definition) is 0. The Morgan fingerprint density at radius 2 is 1.44 bits per heavy atom. The van der Waals surface area contributed by atoms with E-state index in [2.05, 4.69) is 49.4 Å². The maximum Gasteiger partial charge on any atom is 0.0922 e. The van der Waals surface area contributed by atoms with E-state index in [0.717, 1.165) is 46.1 Å². The van der Waals surface area contributed by atoms with E-state index in [9.17, 15) is 0 Å². The summed E-state index contributed by atoms with van der Waals surface area (Å²) < 4.78 is 0. The first-order valence-corrected chi connectivity index (χ1v) is 10.6. The van der Waals surface area contributed by atoms with Crippen LogP contribution in [0, 0.1) is 24.2 Å². The van der Waals surface area contributed by atoms with E-state index in [-0.39, 0.29) is 0 Å². The first-order valence-electron chi connectivity index (χ1n) is 10.6. The Morgan fingerprint density at radius 1 is 0.815 bits per heavy atom. The summed E-state index contributed by atoms with van der Waals surface area (Å²) in [6.45, 7) is 2.10. The first kappa shape index (κ1) is 14.8. The molecule has 3 saturated carbocycles. The van der Waals surface area contributed by atoms with E-state index >= 15 is 0 Å². The molecule has 1 aromatic heterocycles. The largest absolute Gasteiger partial charge is 0.249 e. The molecule has 3 bridgehead atoms. The van der Waals surface area contributed by atoms with Crippen LogP contribution in [0.5, 0.6) is 0 Å². The van der Waals surface area contributed by atoms with Crippen LogP contribution < -0.4 is 0 Å². The van der Waals surface area contributed by atoms with Gasteiger partial charge in [-0.25, -0.2) is 9.97 Å². The second kappa shape index (κ2) is 4.79. The molecule has 0 amide bonds. The average molecular weight is 352 g/mol. The highest BCUT2D eigenvalue weighted by atomic mass is 14.8. The lowest BCUT2D eigenvalue weighted by atomic mass is 9.56. The Kier molecular flexibility index (Phi) is 2.62. The van der Waals surface area contributed by atoms with Crippen molar-refractivity contribution >= 4 is 11.0 Å². The summed E-state index contributed by atoms with van der Waals surface area (Å²) >= 11 is 0. The summed E-state index contributed by atoms with van der Waals surface area (Å²) in [6, 6.07) is 15.3. The predicted octanol–water partition coefficient (Wildman–Crippen LogP) is 6.00. The summed E-state index contributed by atoms with van der Waals surface area (Å²) in [7, 11) is 0. The molecule has 2 aromatic carbocycles. The fourth-order valence-corrected chi connectivity index (χ4v) is 7.44. The van der Waals surface area contributed by atoms with Crippen molar-refractivity contribution in [3.05, 3.63) is 59.3 Å². The molecule has 1 heterocycles. The van der Waals surface area contributed by atoms with Gasteiger partial charge in [0.25, 0.3) is 0 Å². The smallest absolute Gasteiger partial charge is 0.0922 e. The molecule has 0 saturated heterocycles. The maximum atomic E-state index is 5.09. The number of hydrogen-bond acceptors (Lipinski definition) is 2. The minimum atomic E-state index is 0.715. The average Bonchev–Trinajstić information content (AvgIpc) is 3.11. The van der Waals surface area contributed by atoms with Gasteiger partial charge in [-0.1, -0.05) is 30.3 Å². The van der Waals surface area contributed by atoms with Crippen molar-refractivity contribution in [2.75, 3.05) is 0 Å². The second-order valence-electron chi connectivity index (χ2n) is 9.63. The molecule has 4 aliphatic rings. The van der Waals surface area contributed by atoms with Crippen LogP contribution >= 0.6 is 0 Å². The SMILES string of the molecule is Cc1nc2cc3c(cc2nc1-c1ccccc1)C1CC2CC4CC3CC42C1. The van der Waals surface area contributed by atoms with Crippen LogP contribution in [0.1, 0.15) is 60.8 Å². The topological polar surface area (TPSA) is 25.8 Å². The Labute approximate surface area is 160 Å². The molecule has 5 atom stereocenters. The van der Waals surface area contributed by atoms with Gasteiger partial charge in [0.15, 0.2) is 0 Å². The second-order valence-corrected chi connectivity index (χ2v) is 9.63. The quantitative estimate of drug-likeness (QED) is 0.537. The predicted molar refractivity (Wildman–Crippen MR) is 108 cm³/mol. The fourth-order valence-electron chi connectivity index (χ4n) is 7.44. The van der Waals surface area contributed by atoms with Gasteiger partial charge in [0.1, 0.15) is 0 Å². The van der Waals surface area contributed by atoms with Crippen LogP contribution in [-0.4, -0.2) is 9.97 Å². The molecule has 2 nitrogen and oxygen atoms in total. The molecule has 5 unspecified atom stereocenters. The molecular formula is C25H24N2. The van der Waals surface area contributed by atoms with Crippen molar-refractivity contribution in [3.63, 3.8) is 0 Å². The molecular weight excluding hydrogens is 328 g/mol. The standard InChI is InChI=1S/C25H24N2/c1-14-24(15-5-3-2-4-6-15)27-23-11-21-17-8-19-9-18-7-16(12-25(18,19)13-17)20(21)10-22(23)26-14/h2-6,10-11,16-19H,7-9,12-13H2,1H3. The van der Waals surface area contributed by atoms with Crippen molar-refractivity contribution in [2.45, 2.75) is 50.9 Å². The Balaban J connectivity index is 1.44. The number of nitrogens with zero attached hydrogens (tertiary/aromatic N) is 2. The minimum Gasteiger partial charge on any atom is -0.249 e. The minimum absolute atomic E-state index is 0.715. The molecule has 3 fully saturated rings. The number of fused-ring (bicyclic) bond motifs is 6. The summed E-state index contributed by atoms with van der Waals surface area (Å²) in [6.07, 6.45) is 7.26. The van der Waals surface area contributed by atoms with E-state index in [1.165, 1.54) is 37.7 Å². The molecule has 27 heavy (non-hydrogen) atoms. The fraction of sp³-hybridized carbons (Fsp3) is 0.440. The summed E-state index contributed by atoms with van der Waals surface area (Å²) in [5, 5.41) is 0. The van der Waals surface area contributed by atoms with Gasteiger partial charge in [0.05, 0.1) is 22.4 Å². The van der Waals surface area contributed by atoms with Gasteiger partial charge in [-0.05, 0) is 91.4 Å². The van der Waals surface area contributed by atoms with Crippen molar-refractivity contribution < 1.29 is 0 Å². The Bertz CT molecular complexity index is 1100. The monoisotopic (exact) mass is 352 g/mol. The van der Waals surface area contributed by atoms with Gasteiger partial charge in [0.2, 0.25) is 0 Å². The van der Waals surface area contributed by atoms with Crippen molar-refractivity contribution in [2.24, 2.45) is 17.3 Å². The number of rotatable bonds is 1. The lowest BCUT2D eigenvalue weighted by Gasteiger charge is -2.48. The maximum absolute atomic E-state index is 5.09. The third-order valence-corrected chi connectivity index (χ3v) is 8.56. The zero-order valence-corrected chi connectivity index (χ0v) is 15.8. The highest BCUT2D eigenvalue weighted by Crippen LogP contribution is 2.76. The summed E-state index contributed by atoms with van der Waals surface area (Å²) in [5.41, 5.74) is 9.37. The Hall–Kier alpha value is -2.22. The van der Waals surface area contributed by atoms with Crippen molar-refractivity contribution in [1.82, 2.24) is 9.97 Å². The van der Waals surface area contributed by atoms with Gasteiger partial charge >= 0.3 is 0 Å². The van der Waals surface area contributed by atoms with Crippen LogP contribution in [-0.2, 0) is 0 Å². The van der Waals surface area contributed by atoms with Gasteiger partial charge in [-0.15, -0.1) is 0 Å². The summed E-state index contributed by atoms with van der Waals surface area (Å²) in [4.78, 5) is 10.1.